The average molecular weight is 549 g/mol. The first-order valence-electron chi connectivity index (χ1n) is 12.5. The number of carbonyl (C=O) groups is 2. The number of amides is 1. The Labute approximate surface area is 229 Å². The summed E-state index contributed by atoms with van der Waals surface area (Å²) in [4.78, 5) is 33.2. The molecule has 202 valence electrons. The third-order valence-electron chi connectivity index (χ3n) is 6.47. The maximum absolute atomic E-state index is 13.6. The van der Waals surface area contributed by atoms with Gasteiger partial charge in [0.05, 0.1) is 42.7 Å². The number of benzene rings is 2. The number of unbranched alkanes of at least 4 members (excludes halogenated alkanes) is 1. The molecule has 1 aliphatic heterocycles. The number of nitrogens with zero attached hydrogens (tertiary/aromatic N) is 2. The topological polar surface area (TPSA) is 111 Å². The van der Waals surface area contributed by atoms with Crippen molar-refractivity contribution in [3.05, 3.63) is 76.9 Å². The van der Waals surface area contributed by atoms with Crippen LogP contribution in [-0.4, -0.2) is 42.6 Å². The maximum atomic E-state index is 13.6. The molecule has 5 rings (SSSR count). The van der Waals surface area contributed by atoms with Crippen molar-refractivity contribution in [1.82, 2.24) is 4.98 Å². The van der Waals surface area contributed by atoms with Gasteiger partial charge in [-0.25, -0.2) is 4.98 Å². The highest BCUT2D eigenvalue weighted by Crippen LogP contribution is 2.46. The zero-order valence-electron chi connectivity index (χ0n) is 22.0. The molecule has 1 unspecified atom stereocenters. The minimum atomic E-state index is -0.989. The van der Waals surface area contributed by atoms with Gasteiger partial charge < -0.3 is 23.7 Å². The van der Waals surface area contributed by atoms with Gasteiger partial charge in [-0.2, -0.15) is 0 Å². The summed E-state index contributed by atoms with van der Waals surface area (Å²) in [5.74, 6) is 0.207. The van der Waals surface area contributed by atoms with Crippen LogP contribution in [0, 0.1) is 6.92 Å². The predicted octanol–water partition coefficient (Wildman–Crippen LogP) is 6.18. The van der Waals surface area contributed by atoms with E-state index in [1.54, 1.807) is 50.4 Å². The molecular formula is C29H28N2O7S. The Morgan fingerprint density at radius 2 is 1.92 bits per heavy atom. The number of aryl methyl sites for hydroxylation is 1. The molecule has 2 aromatic heterocycles. The number of anilines is 1. The van der Waals surface area contributed by atoms with E-state index in [0.29, 0.717) is 45.8 Å². The highest BCUT2D eigenvalue weighted by molar-refractivity contribution is 7.22. The Morgan fingerprint density at radius 3 is 2.62 bits per heavy atom. The molecule has 4 aromatic rings. The quantitative estimate of drug-likeness (QED) is 0.185. The van der Waals surface area contributed by atoms with Crippen LogP contribution in [-0.2, 0) is 4.79 Å². The number of Topliss-reactive ketones (excluding diaryl/α,β-unsaturated/α-hetero) is 1. The first-order valence-corrected chi connectivity index (χ1v) is 13.3. The van der Waals surface area contributed by atoms with Gasteiger partial charge in [0.25, 0.3) is 5.91 Å². The average Bonchev–Trinajstić information content (AvgIpc) is 3.64. The number of fused-ring (bicyclic) bond motifs is 1. The maximum Gasteiger partial charge on any atom is 0.296 e. The molecule has 10 heteroatoms. The zero-order chi connectivity index (χ0) is 27.7. The Bertz CT molecular complexity index is 1590. The Balaban J connectivity index is 1.63. The highest BCUT2D eigenvalue weighted by Gasteiger charge is 2.46. The molecule has 39 heavy (non-hydrogen) atoms. The molecule has 2 aromatic carbocycles. The molecule has 1 N–H and O–H groups in total. The lowest BCUT2D eigenvalue weighted by molar-refractivity contribution is -0.117. The van der Waals surface area contributed by atoms with Crippen LogP contribution >= 0.6 is 11.3 Å². The molecule has 0 bridgehead atoms. The van der Waals surface area contributed by atoms with E-state index in [1.165, 1.54) is 29.4 Å². The largest absolute Gasteiger partial charge is 0.503 e. The molecule has 0 radical (unpaired) electrons. The van der Waals surface area contributed by atoms with Gasteiger partial charge in [-0.15, -0.1) is 0 Å². The number of hydrogen-bond donors (Lipinski definition) is 1. The lowest BCUT2D eigenvalue weighted by atomic mass is 9.95. The van der Waals surface area contributed by atoms with Gasteiger partial charge >= 0.3 is 0 Å². The van der Waals surface area contributed by atoms with E-state index in [-0.39, 0.29) is 11.3 Å². The molecule has 0 aliphatic carbocycles. The van der Waals surface area contributed by atoms with Crippen molar-refractivity contribution < 1.29 is 33.3 Å². The molecule has 0 fully saturated rings. The SMILES string of the molecule is CCCCOc1ccc(C2C(C(=O)c3ccc(C)o3)=C(O)C(=O)N2c2nc3ccc(OC)cc3s2)cc1OC. The van der Waals surface area contributed by atoms with Gasteiger partial charge in [-0.3, -0.25) is 14.5 Å². The molecule has 1 atom stereocenters. The van der Waals surface area contributed by atoms with Crippen LogP contribution in [0.4, 0.5) is 5.13 Å². The number of furan rings is 1. The molecule has 9 nitrogen and oxygen atoms in total. The van der Waals surface area contributed by atoms with Crippen LogP contribution in [0.2, 0.25) is 0 Å². The molecule has 1 amide bonds. The van der Waals surface area contributed by atoms with E-state index in [1.807, 2.05) is 6.07 Å². The fraction of sp³-hybridized carbons (Fsp3) is 0.276. The first kappa shape index (κ1) is 26.3. The smallest absolute Gasteiger partial charge is 0.296 e. The van der Waals surface area contributed by atoms with Crippen LogP contribution in [0.15, 0.2) is 64.3 Å². The van der Waals surface area contributed by atoms with Gasteiger partial charge in [0.2, 0.25) is 5.78 Å². The number of aromatic nitrogens is 1. The van der Waals surface area contributed by atoms with Gasteiger partial charge in [0, 0.05) is 0 Å². The van der Waals surface area contributed by atoms with Crippen LogP contribution in [0.3, 0.4) is 0 Å². The summed E-state index contributed by atoms with van der Waals surface area (Å²) >= 11 is 1.25. The molecule has 1 aliphatic rings. The number of aliphatic hydroxyl groups excluding tert-OH is 1. The third kappa shape index (κ3) is 4.83. The third-order valence-corrected chi connectivity index (χ3v) is 7.48. The minimum Gasteiger partial charge on any atom is -0.503 e. The Morgan fingerprint density at radius 1 is 1.10 bits per heavy atom. The van der Waals surface area contributed by atoms with E-state index >= 15 is 0 Å². The van der Waals surface area contributed by atoms with Crippen molar-refractivity contribution in [3.63, 3.8) is 0 Å². The number of ether oxygens (including phenoxy) is 3. The molecule has 0 saturated carbocycles. The van der Waals surface area contributed by atoms with E-state index < -0.39 is 23.5 Å². The number of carbonyl (C=O) groups excluding carboxylic acids is 2. The van der Waals surface area contributed by atoms with Gasteiger partial charge in [0.1, 0.15) is 11.5 Å². The second-order valence-electron chi connectivity index (χ2n) is 9.02. The fourth-order valence-corrected chi connectivity index (χ4v) is 5.48. The number of aliphatic hydroxyl groups is 1. The summed E-state index contributed by atoms with van der Waals surface area (Å²) in [5.41, 5.74) is 1.09. The van der Waals surface area contributed by atoms with E-state index in [4.69, 9.17) is 18.6 Å². The summed E-state index contributed by atoms with van der Waals surface area (Å²) in [6.45, 7) is 4.31. The summed E-state index contributed by atoms with van der Waals surface area (Å²) in [6.07, 6.45) is 1.87. The van der Waals surface area contributed by atoms with Crippen LogP contribution in [0.1, 0.15) is 47.7 Å². The molecule has 3 heterocycles. The van der Waals surface area contributed by atoms with E-state index in [9.17, 15) is 14.7 Å². The van der Waals surface area contributed by atoms with E-state index in [0.717, 1.165) is 17.5 Å². The predicted molar refractivity (Wildman–Crippen MR) is 147 cm³/mol. The van der Waals surface area contributed by atoms with Gasteiger partial charge in [-0.1, -0.05) is 30.7 Å². The Kier molecular flexibility index (Phi) is 7.30. The molecule has 0 spiro atoms. The van der Waals surface area contributed by atoms with Gasteiger partial charge in [-0.05, 0) is 61.4 Å². The monoisotopic (exact) mass is 548 g/mol. The first-order chi connectivity index (χ1) is 18.9. The van der Waals surface area contributed by atoms with Crippen molar-refractivity contribution >= 4 is 38.4 Å². The Hall–Kier alpha value is -4.31. The minimum absolute atomic E-state index is 0.0224. The number of thiazole rings is 1. The number of ketones is 1. The number of hydrogen-bond acceptors (Lipinski definition) is 9. The van der Waals surface area contributed by atoms with Crippen molar-refractivity contribution in [2.45, 2.75) is 32.7 Å². The molecule has 0 saturated heterocycles. The van der Waals surface area contributed by atoms with Crippen molar-refractivity contribution in [1.29, 1.82) is 0 Å². The highest BCUT2D eigenvalue weighted by atomic mass is 32.1. The number of methoxy groups -OCH3 is 2. The standard InChI is InChI=1S/C29H28N2O7S/c1-5-6-13-37-20-12-8-17(14-22(20)36-4)25-24(26(32)21-11-7-16(2)38-21)27(33)28(34)31(25)29-30-19-10-9-18(35-3)15-23(19)39-29/h7-12,14-15,25,33H,5-6,13H2,1-4H3. The second kappa shape index (κ2) is 10.8. The molecular weight excluding hydrogens is 520 g/mol. The van der Waals surface area contributed by atoms with E-state index in [2.05, 4.69) is 11.9 Å². The normalized spacial score (nSPS) is 15.3. The summed E-state index contributed by atoms with van der Waals surface area (Å²) in [7, 11) is 3.09. The fourth-order valence-electron chi connectivity index (χ4n) is 4.46. The van der Waals surface area contributed by atoms with Crippen molar-refractivity contribution in [3.8, 4) is 17.2 Å². The zero-order valence-corrected chi connectivity index (χ0v) is 22.8. The summed E-state index contributed by atoms with van der Waals surface area (Å²) < 4.78 is 23.1. The van der Waals surface area contributed by atoms with Crippen LogP contribution in [0.5, 0.6) is 17.2 Å². The lowest BCUT2D eigenvalue weighted by Crippen LogP contribution is -2.31. The summed E-state index contributed by atoms with van der Waals surface area (Å²) in [6, 6.07) is 12.8. The number of rotatable bonds is 10. The van der Waals surface area contributed by atoms with Crippen molar-refractivity contribution in [2.24, 2.45) is 0 Å². The van der Waals surface area contributed by atoms with Crippen LogP contribution < -0.4 is 19.1 Å². The van der Waals surface area contributed by atoms with Crippen molar-refractivity contribution in [2.75, 3.05) is 25.7 Å². The van der Waals surface area contributed by atoms with Crippen LogP contribution in [0.25, 0.3) is 10.2 Å². The lowest BCUT2D eigenvalue weighted by Gasteiger charge is -2.25. The van der Waals surface area contributed by atoms with Gasteiger partial charge in [0.15, 0.2) is 28.1 Å². The second-order valence-corrected chi connectivity index (χ2v) is 10.0. The summed E-state index contributed by atoms with van der Waals surface area (Å²) in [5, 5.41) is 11.4.